The smallest absolute Gasteiger partial charge is 0.330 e. The molecule has 1 aromatic rings. The molecule has 0 heterocycles. The first-order chi connectivity index (χ1) is 8.45. The van der Waals surface area contributed by atoms with Crippen LogP contribution in [0.4, 0.5) is 4.39 Å². The van der Waals surface area contributed by atoms with E-state index in [-0.39, 0.29) is 12.3 Å². The van der Waals surface area contributed by atoms with Crippen molar-refractivity contribution in [1.82, 2.24) is 5.32 Å². The van der Waals surface area contributed by atoms with Gasteiger partial charge in [-0.2, -0.15) is 0 Å². The lowest BCUT2D eigenvalue weighted by Gasteiger charge is -2.15. The highest BCUT2D eigenvalue weighted by Crippen LogP contribution is 2.17. The van der Waals surface area contributed by atoms with Crippen LogP contribution in [-0.2, 0) is 9.59 Å². The van der Waals surface area contributed by atoms with Gasteiger partial charge in [0.15, 0.2) is 6.04 Å². The van der Waals surface area contributed by atoms with E-state index in [0.717, 1.165) is 0 Å². The summed E-state index contributed by atoms with van der Waals surface area (Å²) in [6.07, 6.45) is 0.907. The Bertz CT molecular complexity index is 460. The molecule has 1 amide bonds. The van der Waals surface area contributed by atoms with Crippen LogP contribution in [-0.4, -0.2) is 17.0 Å². The number of amides is 1. The Morgan fingerprint density at radius 2 is 2.11 bits per heavy atom. The highest BCUT2D eigenvalue weighted by Gasteiger charge is 2.22. The molecule has 0 saturated carbocycles. The van der Waals surface area contributed by atoms with Crippen molar-refractivity contribution in [1.29, 1.82) is 0 Å². The average Bonchev–Trinajstić information content (AvgIpc) is 2.30. The van der Waals surface area contributed by atoms with Crippen LogP contribution in [0.2, 0.25) is 0 Å². The predicted octanol–water partition coefficient (Wildman–Crippen LogP) is 2.18. The minimum atomic E-state index is -1.16. The van der Waals surface area contributed by atoms with Gasteiger partial charge in [0.25, 0.3) is 0 Å². The molecule has 0 spiro atoms. The third-order valence-corrected chi connectivity index (χ3v) is 2.54. The fraction of sp³-hybridized carbons (Fsp3) is 0.385. The van der Waals surface area contributed by atoms with Crippen molar-refractivity contribution in [3.05, 3.63) is 35.1 Å². The number of hydrogen-bond acceptors (Lipinski definition) is 2. The fourth-order valence-corrected chi connectivity index (χ4v) is 1.60. The van der Waals surface area contributed by atoms with E-state index in [9.17, 15) is 14.0 Å². The standard InChI is InChI=1S/C13H16FNO3/c1-3-4-11(16)15-12(13(17)18)9-5-6-10(14)8(2)7-9/h5-7,12H,3-4H2,1-2H3,(H,15,16)(H,17,18). The quantitative estimate of drug-likeness (QED) is 0.845. The summed E-state index contributed by atoms with van der Waals surface area (Å²) in [5, 5.41) is 11.5. The Labute approximate surface area is 105 Å². The van der Waals surface area contributed by atoms with Crippen LogP contribution in [0.25, 0.3) is 0 Å². The molecule has 0 fully saturated rings. The topological polar surface area (TPSA) is 66.4 Å². The van der Waals surface area contributed by atoms with E-state index in [4.69, 9.17) is 5.11 Å². The maximum Gasteiger partial charge on any atom is 0.330 e. The van der Waals surface area contributed by atoms with E-state index in [1.165, 1.54) is 18.2 Å². The Morgan fingerprint density at radius 1 is 1.44 bits per heavy atom. The number of carboxylic acids is 1. The number of aryl methyl sites for hydroxylation is 1. The van der Waals surface area contributed by atoms with Gasteiger partial charge >= 0.3 is 5.97 Å². The van der Waals surface area contributed by atoms with Gasteiger partial charge in [0.05, 0.1) is 0 Å². The van der Waals surface area contributed by atoms with Crippen LogP contribution in [0.15, 0.2) is 18.2 Å². The normalized spacial score (nSPS) is 11.9. The van der Waals surface area contributed by atoms with Crippen LogP contribution in [0, 0.1) is 12.7 Å². The first-order valence-corrected chi connectivity index (χ1v) is 5.74. The minimum absolute atomic E-state index is 0.268. The first kappa shape index (κ1) is 14.2. The van der Waals surface area contributed by atoms with Crippen molar-refractivity contribution in [2.24, 2.45) is 0 Å². The molecule has 0 aromatic heterocycles. The van der Waals surface area contributed by atoms with Gasteiger partial charge in [-0.25, -0.2) is 9.18 Å². The predicted molar refractivity (Wildman–Crippen MR) is 64.6 cm³/mol. The highest BCUT2D eigenvalue weighted by atomic mass is 19.1. The van der Waals surface area contributed by atoms with Crippen molar-refractivity contribution in [3.8, 4) is 0 Å². The average molecular weight is 253 g/mol. The monoisotopic (exact) mass is 253 g/mol. The summed E-state index contributed by atoms with van der Waals surface area (Å²) in [4.78, 5) is 22.6. The SMILES string of the molecule is CCCC(=O)NC(C(=O)O)c1ccc(F)c(C)c1. The van der Waals surface area contributed by atoms with E-state index < -0.39 is 17.8 Å². The van der Waals surface area contributed by atoms with Crippen molar-refractivity contribution in [3.63, 3.8) is 0 Å². The second-order valence-corrected chi connectivity index (χ2v) is 4.10. The second kappa shape index (κ2) is 6.14. The lowest BCUT2D eigenvalue weighted by Crippen LogP contribution is -2.33. The summed E-state index contributed by atoms with van der Waals surface area (Å²) in [5.74, 6) is -1.89. The summed E-state index contributed by atoms with van der Waals surface area (Å²) in [7, 11) is 0. The molecule has 0 saturated heterocycles. The van der Waals surface area contributed by atoms with Gasteiger partial charge in [0, 0.05) is 6.42 Å². The van der Waals surface area contributed by atoms with Gasteiger partial charge in [-0.05, 0) is 30.5 Å². The molecule has 98 valence electrons. The molecule has 1 aromatic carbocycles. The molecule has 1 atom stereocenters. The molecule has 0 aliphatic carbocycles. The number of benzene rings is 1. The zero-order chi connectivity index (χ0) is 13.7. The van der Waals surface area contributed by atoms with E-state index in [0.29, 0.717) is 17.5 Å². The van der Waals surface area contributed by atoms with Crippen molar-refractivity contribution < 1.29 is 19.1 Å². The zero-order valence-corrected chi connectivity index (χ0v) is 10.4. The lowest BCUT2D eigenvalue weighted by atomic mass is 10.0. The molecule has 2 N–H and O–H groups in total. The third-order valence-electron chi connectivity index (χ3n) is 2.54. The first-order valence-electron chi connectivity index (χ1n) is 5.74. The number of carboxylic acid groups (broad SMARTS) is 1. The number of carbonyl (C=O) groups excluding carboxylic acids is 1. The maximum absolute atomic E-state index is 13.1. The Hall–Kier alpha value is -1.91. The Kier molecular flexibility index (Phi) is 4.83. The highest BCUT2D eigenvalue weighted by molar-refractivity contribution is 5.84. The molecule has 0 aliphatic heterocycles. The van der Waals surface area contributed by atoms with Gasteiger partial charge < -0.3 is 10.4 Å². The van der Waals surface area contributed by atoms with Gasteiger partial charge in [-0.15, -0.1) is 0 Å². The van der Waals surface area contributed by atoms with E-state index in [2.05, 4.69) is 5.32 Å². The zero-order valence-electron chi connectivity index (χ0n) is 10.4. The molecule has 1 rings (SSSR count). The van der Waals surface area contributed by atoms with Crippen LogP contribution >= 0.6 is 0 Å². The molecule has 18 heavy (non-hydrogen) atoms. The molecule has 0 aliphatic rings. The third kappa shape index (κ3) is 3.55. The van der Waals surface area contributed by atoms with Crippen LogP contribution < -0.4 is 5.32 Å². The maximum atomic E-state index is 13.1. The van der Waals surface area contributed by atoms with Gasteiger partial charge in [0.1, 0.15) is 5.82 Å². The second-order valence-electron chi connectivity index (χ2n) is 4.10. The van der Waals surface area contributed by atoms with E-state index in [1.54, 1.807) is 6.92 Å². The van der Waals surface area contributed by atoms with Crippen molar-refractivity contribution in [2.45, 2.75) is 32.7 Å². The number of nitrogens with one attached hydrogen (secondary N) is 1. The molecular formula is C13H16FNO3. The molecule has 4 nitrogen and oxygen atoms in total. The number of carbonyl (C=O) groups is 2. The Balaban J connectivity index is 2.94. The summed E-state index contributed by atoms with van der Waals surface area (Å²) in [5.41, 5.74) is 0.717. The van der Waals surface area contributed by atoms with Crippen molar-refractivity contribution in [2.75, 3.05) is 0 Å². The van der Waals surface area contributed by atoms with Crippen LogP contribution in [0.1, 0.15) is 36.9 Å². The van der Waals surface area contributed by atoms with Crippen molar-refractivity contribution >= 4 is 11.9 Å². The summed E-state index contributed by atoms with van der Waals surface area (Å²) in [6, 6.07) is 2.86. The molecule has 0 radical (unpaired) electrons. The molecule has 1 unspecified atom stereocenters. The summed E-state index contributed by atoms with van der Waals surface area (Å²) in [6.45, 7) is 3.38. The van der Waals surface area contributed by atoms with Gasteiger partial charge in [-0.3, -0.25) is 4.79 Å². The molecular weight excluding hydrogens is 237 g/mol. The number of halogens is 1. The molecule has 0 bridgehead atoms. The number of rotatable bonds is 5. The Morgan fingerprint density at radius 3 is 2.61 bits per heavy atom. The van der Waals surface area contributed by atoms with E-state index >= 15 is 0 Å². The largest absolute Gasteiger partial charge is 0.479 e. The lowest BCUT2D eigenvalue weighted by molar-refractivity contribution is -0.142. The summed E-state index contributed by atoms with van der Waals surface area (Å²) < 4.78 is 13.1. The van der Waals surface area contributed by atoms with Gasteiger partial charge in [-0.1, -0.05) is 19.1 Å². The van der Waals surface area contributed by atoms with Gasteiger partial charge in [0.2, 0.25) is 5.91 Å². The minimum Gasteiger partial charge on any atom is -0.479 e. The summed E-state index contributed by atoms with van der Waals surface area (Å²) >= 11 is 0. The molecule has 5 heteroatoms. The van der Waals surface area contributed by atoms with Crippen LogP contribution in [0.5, 0.6) is 0 Å². The fourth-order valence-electron chi connectivity index (χ4n) is 1.60. The number of aliphatic carboxylic acids is 1. The van der Waals surface area contributed by atoms with E-state index in [1.807, 2.05) is 6.92 Å². The number of hydrogen-bond donors (Lipinski definition) is 2. The van der Waals surface area contributed by atoms with Crippen LogP contribution in [0.3, 0.4) is 0 Å².